The summed E-state index contributed by atoms with van der Waals surface area (Å²) in [6.45, 7) is 1.04. The van der Waals surface area contributed by atoms with E-state index >= 15 is 0 Å². The van der Waals surface area contributed by atoms with Crippen LogP contribution in [0.3, 0.4) is 0 Å². The normalized spacial score (nSPS) is 14.0. The molecule has 0 unspecified atom stereocenters. The van der Waals surface area contributed by atoms with E-state index in [0.717, 1.165) is 12.1 Å². The molecule has 0 aliphatic carbocycles. The summed E-state index contributed by atoms with van der Waals surface area (Å²) < 4.78 is 37.8. The molecule has 0 saturated heterocycles. The van der Waals surface area contributed by atoms with Gasteiger partial charge in [-0.1, -0.05) is 35.3 Å². The fourth-order valence-corrected chi connectivity index (χ4v) is 3.76. The van der Waals surface area contributed by atoms with Gasteiger partial charge in [-0.25, -0.2) is 0 Å². The van der Waals surface area contributed by atoms with E-state index in [2.05, 4.69) is 5.32 Å². The minimum Gasteiger partial charge on any atom is -0.503 e. The average Bonchev–Trinajstić information content (AvgIpc) is 2.68. The molecule has 0 atom stereocenters. The largest absolute Gasteiger partial charge is 0.503 e. The number of hydrogen-bond donors (Lipinski definition) is 3. The Morgan fingerprint density at radius 3 is 2.21 bits per heavy atom. The van der Waals surface area contributed by atoms with E-state index in [1.165, 1.54) is 12.1 Å². The van der Waals surface area contributed by atoms with Gasteiger partial charge in [0.25, 0.3) is 0 Å². The van der Waals surface area contributed by atoms with Crippen molar-refractivity contribution >= 4 is 40.5 Å². The standard InChI is InChI=1S/C18H15Cl2F3N2O2S/c19-13-11-5-6-25(8-12(11)14(20)16(27)15(13)26)17(28)24-7-9-1-3-10(4-2-9)18(21,22)23/h1-4,26-27H,5-8H2,(H,24,28). The monoisotopic (exact) mass is 450 g/mol. The average molecular weight is 451 g/mol. The molecule has 150 valence electrons. The number of nitrogens with zero attached hydrogens (tertiary/aromatic N) is 1. The highest BCUT2D eigenvalue weighted by molar-refractivity contribution is 7.80. The number of benzene rings is 2. The molecular weight excluding hydrogens is 436 g/mol. The Labute approximate surface area is 174 Å². The highest BCUT2D eigenvalue weighted by Gasteiger charge is 2.30. The van der Waals surface area contributed by atoms with Crippen molar-refractivity contribution in [2.75, 3.05) is 6.54 Å². The first-order valence-corrected chi connectivity index (χ1v) is 9.35. The first-order valence-electron chi connectivity index (χ1n) is 8.19. The summed E-state index contributed by atoms with van der Waals surface area (Å²) in [6.07, 6.45) is -3.91. The molecule has 10 heteroatoms. The molecule has 1 heterocycles. The van der Waals surface area contributed by atoms with Gasteiger partial charge in [-0.05, 0) is 47.5 Å². The second-order valence-corrected chi connectivity index (χ2v) is 7.45. The maximum absolute atomic E-state index is 12.6. The lowest BCUT2D eigenvalue weighted by Gasteiger charge is -2.32. The molecule has 0 radical (unpaired) electrons. The third-order valence-electron chi connectivity index (χ3n) is 4.53. The number of thiocarbonyl (C=S) groups is 1. The SMILES string of the molecule is Oc1c(O)c(Cl)c2c(c1Cl)CCN(C(=S)NCc1ccc(C(F)(F)F)cc1)C2. The quantitative estimate of drug-likeness (QED) is 0.450. The Morgan fingerprint density at radius 1 is 1.07 bits per heavy atom. The fourth-order valence-electron chi connectivity index (χ4n) is 2.98. The van der Waals surface area contributed by atoms with Gasteiger partial charge >= 0.3 is 6.18 Å². The van der Waals surface area contributed by atoms with E-state index in [-0.39, 0.29) is 23.1 Å². The third-order valence-corrected chi connectivity index (χ3v) is 5.74. The van der Waals surface area contributed by atoms with Gasteiger partial charge in [0.1, 0.15) is 0 Å². The van der Waals surface area contributed by atoms with Crippen molar-refractivity contribution in [2.45, 2.75) is 25.7 Å². The van der Waals surface area contributed by atoms with Crippen molar-refractivity contribution in [3.05, 3.63) is 56.6 Å². The molecule has 0 aromatic heterocycles. The van der Waals surface area contributed by atoms with Crippen molar-refractivity contribution in [2.24, 2.45) is 0 Å². The molecular formula is C18H15Cl2F3N2O2S. The predicted octanol–water partition coefficient (Wildman–Crippen LogP) is 4.86. The summed E-state index contributed by atoms with van der Waals surface area (Å²) in [4.78, 5) is 1.81. The van der Waals surface area contributed by atoms with Crippen LogP contribution in [0.1, 0.15) is 22.3 Å². The van der Waals surface area contributed by atoms with Crippen LogP contribution in [0.25, 0.3) is 0 Å². The zero-order valence-electron chi connectivity index (χ0n) is 14.3. The number of aromatic hydroxyl groups is 2. The van der Waals surface area contributed by atoms with Crippen LogP contribution in [0, 0.1) is 0 Å². The van der Waals surface area contributed by atoms with Gasteiger partial charge in [0.2, 0.25) is 0 Å². The van der Waals surface area contributed by atoms with Gasteiger partial charge in [0, 0.05) is 19.6 Å². The lowest BCUT2D eigenvalue weighted by atomic mass is 9.98. The van der Waals surface area contributed by atoms with Gasteiger partial charge in [-0.15, -0.1) is 0 Å². The number of halogens is 5. The number of fused-ring (bicyclic) bond motifs is 1. The summed E-state index contributed by atoms with van der Waals surface area (Å²) in [5.41, 5.74) is 1.17. The van der Waals surface area contributed by atoms with Crippen molar-refractivity contribution in [3.8, 4) is 11.5 Å². The summed E-state index contributed by atoms with van der Waals surface area (Å²) in [5.74, 6) is -0.919. The Kier molecular flexibility index (Phi) is 5.84. The van der Waals surface area contributed by atoms with Gasteiger partial charge in [0.15, 0.2) is 16.6 Å². The lowest BCUT2D eigenvalue weighted by molar-refractivity contribution is -0.137. The highest BCUT2D eigenvalue weighted by atomic mass is 35.5. The maximum atomic E-state index is 12.6. The van der Waals surface area contributed by atoms with E-state index in [1.54, 1.807) is 4.90 Å². The summed E-state index contributed by atoms with van der Waals surface area (Å²) >= 11 is 17.6. The van der Waals surface area contributed by atoms with E-state index < -0.39 is 23.2 Å². The Morgan fingerprint density at radius 2 is 1.64 bits per heavy atom. The lowest BCUT2D eigenvalue weighted by Crippen LogP contribution is -2.42. The second kappa shape index (κ2) is 7.85. The Balaban J connectivity index is 1.67. The topological polar surface area (TPSA) is 55.7 Å². The number of rotatable bonds is 2. The summed E-state index contributed by atoms with van der Waals surface area (Å²) in [6, 6.07) is 4.82. The van der Waals surface area contributed by atoms with Crippen molar-refractivity contribution in [1.82, 2.24) is 10.2 Å². The molecule has 0 amide bonds. The third kappa shape index (κ3) is 4.09. The molecule has 0 bridgehead atoms. The van der Waals surface area contributed by atoms with Crippen molar-refractivity contribution in [3.63, 3.8) is 0 Å². The summed E-state index contributed by atoms with van der Waals surface area (Å²) in [5, 5.41) is 23.2. The Hall–Kier alpha value is -1.90. The van der Waals surface area contributed by atoms with Crippen LogP contribution in [-0.4, -0.2) is 26.8 Å². The predicted molar refractivity (Wildman–Crippen MR) is 105 cm³/mol. The highest BCUT2D eigenvalue weighted by Crippen LogP contribution is 2.46. The molecule has 2 aromatic rings. The van der Waals surface area contributed by atoms with E-state index in [4.69, 9.17) is 35.4 Å². The molecule has 2 aromatic carbocycles. The first-order chi connectivity index (χ1) is 13.1. The zero-order chi connectivity index (χ0) is 20.6. The molecule has 1 aliphatic heterocycles. The van der Waals surface area contributed by atoms with Gasteiger partial charge in [-0.3, -0.25) is 0 Å². The molecule has 3 N–H and O–H groups in total. The van der Waals surface area contributed by atoms with Crippen molar-refractivity contribution < 1.29 is 23.4 Å². The second-order valence-electron chi connectivity index (χ2n) is 6.31. The number of nitrogens with one attached hydrogen (secondary N) is 1. The number of hydrogen-bond acceptors (Lipinski definition) is 3. The van der Waals surface area contributed by atoms with Crippen LogP contribution in [0.5, 0.6) is 11.5 Å². The van der Waals surface area contributed by atoms with Gasteiger partial charge in [-0.2, -0.15) is 13.2 Å². The molecule has 3 rings (SSSR count). The Bertz CT molecular complexity index is 921. The summed E-state index contributed by atoms with van der Waals surface area (Å²) in [7, 11) is 0. The van der Waals surface area contributed by atoms with Crippen LogP contribution in [0.15, 0.2) is 24.3 Å². The number of phenolic OH excluding ortho intramolecular Hbond substituents is 2. The van der Waals surface area contributed by atoms with Crippen molar-refractivity contribution in [1.29, 1.82) is 0 Å². The maximum Gasteiger partial charge on any atom is 0.416 e. The fraction of sp³-hybridized carbons (Fsp3) is 0.278. The molecule has 1 aliphatic rings. The smallest absolute Gasteiger partial charge is 0.416 e. The van der Waals surface area contributed by atoms with Crippen LogP contribution >= 0.6 is 35.4 Å². The zero-order valence-corrected chi connectivity index (χ0v) is 16.6. The molecule has 0 fully saturated rings. The molecule has 4 nitrogen and oxygen atoms in total. The number of phenols is 2. The van der Waals surface area contributed by atoms with Crippen LogP contribution in [0.4, 0.5) is 13.2 Å². The first kappa shape index (κ1) is 20.8. The van der Waals surface area contributed by atoms with Gasteiger partial charge < -0.3 is 20.4 Å². The molecule has 0 spiro atoms. The minimum atomic E-state index is -4.37. The van der Waals surface area contributed by atoms with E-state index in [9.17, 15) is 23.4 Å². The van der Waals surface area contributed by atoms with Crippen LogP contribution in [0.2, 0.25) is 10.0 Å². The van der Waals surface area contributed by atoms with E-state index in [0.29, 0.717) is 34.8 Å². The molecule has 28 heavy (non-hydrogen) atoms. The van der Waals surface area contributed by atoms with E-state index in [1.807, 2.05) is 0 Å². The van der Waals surface area contributed by atoms with Gasteiger partial charge in [0.05, 0.1) is 15.6 Å². The molecule has 0 saturated carbocycles. The number of alkyl halides is 3. The van der Waals surface area contributed by atoms with Crippen LogP contribution < -0.4 is 5.32 Å². The van der Waals surface area contributed by atoms with Crippen LogP contribution in [-0.2, 0) is 25.7 Å². The minimum absolute atomic E-state index is 0.0205.